The number of anilines is 1. The molecule has 11 heteroatoms. The van der Waals surface area contributed by atoms with Crippen LogP contribution in [0.5, 0.6) is 11.5 Å². The lowest BCUT2D eigenvalue weighted by molar-refractivity contribution is 0.102. The Bertz CT molecular complexity index is 1470. The fourth-order valence-electron chi connectivity index (χ4n) is 3.11. The molecule has 0 bridgehead atoms. The summed E-state index contributed by atoms with van der Waals surface area (Å²) in [6, 6.07) is 18.5. The van der Waals surface area contributed by atoms with Gasteiger partial charge in [0.15, 0.2) is 12.4 Å². The summed E-state index contributed by atoms with van der Waals surface area (Å²) in [5.74, 6) is 0.208. The van der Waals surface area contributed by atoms with Gasteiger partial charge < -0.3 is 14.8 Å². The highest BCUT2D eigenvalue weighted by Gasteiger charge is 2.20. The largest absolute Gasteiger partial charge is 0.497 e. The molecular formula is C24H19Cl2N3O5S. The van der Waals surface area contributed by atoms with E-state index in [-0.39, 0.29) is 33.7 Å². The molecule has 3 aromatic carbocycles. The molecule has 0 spiro atoms. The Balaban J connectivity index is 1.52. The fraction of sp³-hybridized carbons (Fsp3) is 0.0833. The molecule has 0 saturated carbocycles. The van der Waals surface area contributed by atoms with Crippen molar-refractivity contribution in [3.05, 3.63) is 94.7 Å². The molecular weight excluding hydrogens is 513 g/mol. The Morgan fingerprint density at radius 2 is 1.74 bits per heavy atom. The molecule has 35 heavy (non-hydrogen) atoms. The fourth-order valence-corrected chi connectivity index (χ4v) is 4.75. The lowest BCUT2D eigenvalue weighted by Crippen LogP contribution is -2.15. The summed E-state index contributed by atoms with van der Waals surface area (Å²) in [6.45, 7) is 0.0413. The zero-order valence-electron chi connectivity index (χ0n) is 18.3. The molecule has 0 aliphatic rings. The van der Waals surface area contributed by atoms with Gasteiger partial charge in [-0.05, 0) is 54.6 Å². The topological polar surface area (TPSA) is 99.5 Å². The maximum atomic E-state index is 13.1. The second kappa shape index (κ2) is 10.4. The molecule has 1 N–H and O–H groups in total. The van der Waals surface area contributed by atoms with Crippen LogP contribution in [0.15, 0.2) is 88.8 Å². The quantitative estimate of drug-likeness (QED) is 0.330. The summed E-state index contributed by atoms with van der Waals surface area (Å²) in [7, 11) is -2.48. The molecule has 0 fully saturated rings. The van der Waals surface area contributed by atoms with Crippen molar-refractivity contribution in [3.8, 4) is 11.5 Å². The minimum Gasteiger partial charge on any atom is -0.497 e. The smallest absolute Gasteiger partial charge is 0.276 e. The van der Waals surface area contributed by atoms with Crippen molar-refractivity contribution < 1.29 is 22.7 Å². The highest BCUT2D eigenvalue weighted by molar-refractivity contribution is 7.91. The van der Waals surface area contributed by atoms with Crippen molar-refractivity contribution in [3.63, 3.8) is 0 Å². The molecule has 4 aromatic rings. The van der Waals surface area contributed by atoms with Gasteiger partial charge in [-0.25, -0.2) is 13.1 Å². The molecule has 1 heterocycles. The van der Waals surface area contributed by atoms with E-state index in [9.17, 15) is 13.2 Å². The zero-order valence-corrected chi connectivity index (χ0v) is 20.6. The number of methoxy groups -OCH3 is 1. The van der Waals surface area contributed by atoms with E-state index in [2.05, 4.69) is 10.4 Å². The highest BCUT2D eigenvalue weighted by Crippen LogP contribution is 2.29. The number of carbonyl (C=O) groups excluding carboxylic acids is 1. The average molecular weight is 532 g/mol. The van der Waals surface area contributed by atoms with E-state index in [1.165, 1.54) is 60.3 Å². The number of rotatable bonds is 8. The first-order valence-corrected chi connectivity index (χ1v) is 12.4. The Hall–Kier alpha value is -3.53. The number of amides is 1. The molecule has 0 radical (unpaired) electrons. The molecule has 0 aliphatic carbocycles. The van der Waals surface area contributed by atoms with E-state index in [4.69, 9.17) is 32.7 Å². The summed E-state index contributed by atoms with van der Waals surface area (Å²) in [6.07, 6.45) is 1.58. The van der Waals surface area contributed by atoms with Crippen LogP contribution in [0.2, 0.25) is 10.0 Å². The summed E-state index contributed by atoms with van der Waals surface area (Å²) in [4.78, 5) is 12.8. The number of halogens is 2. The first-order valence-electron chi connectivity index (χ1n) is 10.2. The Labute approximate surface area is 211 Å². The maximum absolute atomic E-state index is 13.1. The summed E-state index contributed by atoms with van der Waals surface area (Å²) < 4.78 is 38.5. The SMILES string of the molecule is COc1cc(NC(=O)c2ccn(COc3ccccc3Cl)n2)cc(S(=O)(=O)c2ccc(Cl)cc2)c1. The van der Waals surface area contributed by atoms with E-state index in [1.54, 1.807) is 30.5 Å². The minimum atomic E-state index is -3.88. The molecule has 180 valence electrons. The monoisotopic (exact) mass is 531 g/mol. The van der Waals surface area contributed by atoms with Crippen molar-refractivity contribution in [2.24, 2.45) is 0 Å². The predicted octanol–water partition coefficient (Wildman–Crippen LogP) is 5.32. The number of nitrogens with zero attached hydrogens (tertiary/aromatic N) is 2. The number of benzene rings is 3. The van der Waals surface area contributed by atoms with E-state index in [0.29, 0.717) is 15.8 Å². The Morgan fingerprint density at radius 3 is 2.46 bits per heavy atom. The third kappa shape index (κ3) is 5.76. The van der Waals surface area contributed by atoms with E-state index >= 15 is 0 Å². The summed E-state index contributed by atoms with van der Waals surface area (Å²) >= 11 is 11.9. The van der Waals surface area contributed by atoms with Gasteiger partial charge in [0, 0.05) is 23.0 Å². The molecule has 8 nitrogen and oxygen atoms in total. The molecule has 0 aliphatic heterocycles. The van der Waals surface area contributed by atoms with Gasteiger partial charge in [-0.15, -0.1) is 0 Å². The number of sulfone groups is 1. The van der Waals surface area contributed by atoms with Gasteiger partial charge in [-0.2, -0.15) is 5.10 Å². The Morgan fingerprint density at radius 1 is 1.00 bits per heavy atom. The number of para-hydroxylation sites is 1. The third-order valence-electron chi connectivity index (χ3n) is 4.87. The van der Waals surface area contributed by atoms with E-state index in [1.807, 2.05) is 0 Å². The maximum Gasteiger partial charge on any atom is 0.276 e. The van der Waals surface area contributed by atoms with Gasteiger partial charge in [0.05, 0.1) is 21.9 Å². The number of hydrogen-bond acceptors (Lipinski definition) is 6. The average Bonchev–Trinajstić information content (AvgIpc) is 3.33. The third-order valence-corrected chi connectivity index (χ3v) is 7.18. The van der Waals surface area contributed by atoms with Crippen molar-refractivity contribution >= 4 is 44.6 Å². The predicted molar refractivity (Wildman–Crippen MR) is 132 cm³/mol. The van der Waals surface area contributed by atoms with Crippen molar-refractivity contribution in [2.75, 3.05) is 12.4 Å². The minimum absolute atomic E-state index is 0.0413. The van der Waals surface area contributed by atoms with Gasteiger partial charge in [-0.1, -0.05) is 35.3 Å². The van der Waals surface area contributed by atoms with E-state index < -0.39 is 15.7 Å². The van der Waals surface area contributed by atoms with E-state index in [0.717, 1.165) is 0 Å². The van der Waals surface area contributed by atoms with Gasteiger partial charge in [0.2, 0.25) is 9.84 Å². The Kier molecular flexibility index (Phi) is 7.30. The first kappa shape index (κ1) is 24.6. The van der Waals surface area contributed by atoms with Crippen LogP contribution in [0, 0.1) is 0 Å². The van der Waals surface area contributed by atoms with Crippen LogP contribution in [0.4, 0.5) is 5.69 Å². The second-order valence-corrected chi connectivity index (χ2v) is 10.0. The molecule has 4 rings (SSSR count). The van der Waals surface area contributed by atoms with Crippen LogP contribution >= 0.6 is 23.2 Å². The van der Waals surface area contributed by atoms with Crippen LogP contribution in [0.1, 0.15) is 10.5 Å². The summed E-state index contributed by atoms with van der Waals surface area (Å²) in [5, 5.41) is 7.73. The van der Waals surface area contributed by atoms with Gasteiger partial charge in [0.25, 0.3) is 5.91 Å². The number of nitrogens with one attached hydrogen (secondary N) is 1. The number of hydrogen-bond donors (Lipinski definition) is 1. The van der Waals surface area contributed by atoms with Crippen LogP contribution in [-0.4, -0.2) is 31.2 Å². The molecule has 1 aromatic heterocycles. The highest BCUT2D eigenvalue weighted by atomic mass is 35.5. The molecule has 1 amide bonds. The second-order valence-electron chi connectivity index (χ2n) is 7.25. The van der Waals surface area contributed by atoms with Crippen molar-refractivity contribution in [1.82, 2.24) is 9.78 Å². The normalized spacial score (nSPS) is 11.2. The standard InChI is InChI=1S/C24H19Cl2N3O5S/c1-33-18-12-17(13-20(14-18)35(31,32)19-8-6-16(25)7-9-19)27-24(30)22-10-11-29(28-22)15-34-23-5-3-2-4-21(23)26/h2-14H,15H2,1H3,(H,27,30). The first-order chi connectivity index (χ1) is 16.8. The lowest BCUT2D eigenvalue weighted by Gasteiger charge is -2.11. The van der Waals surface area contributed by atoms with Crippen molar-refractivity contribution in [1.29, 1.82) is 0 Å². The van der Waals surface area contributed by atoms with Gasteiger partial charge in [-0.3, -0.25) is 4.79 Å². The number of carbonyl (C=O) groups is 1. The van der Waals surface area contributed by atoms with Crippen LogP contribution in [0.25, 0.3) is 0 Å². The van der Waals surface area contributed by atoms with Gasteiger partial charge in [0.1, 0.15) is 11.5 Å². The molecule has 0 atom stereocenters. The summed E-state index contributed by atoms with van der Waals surface area (Å²) in [5.41, 5.74) is 0.335. The van der Waals surface area contributed by atoms with Crippen molar-refractivity contribution in [2.45, 2.75) is 16.5 Å². The number of aromatic nitrogens is 2. The van der Waals surface area contributed by atoms with Crippen LogP contribution in [0.3, 0.4) is 0 Å². The van der Waals surface area contributed by atoms with Gasteiger partial charge >= 0.3 is 0 Å². The number of ether oxygens (including phenoxy) is 2. The van der Waals surface area contributed by atoms with Crippen LogP contribution < -0.4 is 14.8 Å². The van der Waals surface area contributed by atoms with Crippen LogP contribution in [-0.2, 0) is 16.6 Å². The zero-order chi connectivity index (χ0) is 25.0. The molecule has 0 unspecified atom stereocenters. The molecule has 0 saturated heterocycles. The lowest BCUT2D eigenvalue weighted by atomic mass is 10.3.